The minimum Gasteiger partial charge on any atom is -0.384 e. The number of carbonyl (C=O) groups is 1. The topological polar surface area (TPSA) is 84.1 Å². The quantitative estimate of drug-likeness (QED) is 0.725. The molecule has 0 saturated carbocycles. The number of amides is 1. The highest BCUT2D eigenvalue weighted by Gasteiger charge is 2.25. The van der Waals surface area contributed by atoms with Crippen LogP contribution in [-0.4, -0.2) is 48.8 Å². The van der Waals surface area contributed by atoms with Crippen LogP contribution in [0.4, 0.5) is 0 Å². The summed E-state index contributed by atoms with van der Waals surface area (Å²) in [6, 6.07) is 3.43. The zero-order valence-electron chi connectivity index (χ0n) is 11.2. The third kappa shape index (κ3) is 2.61. The Kier molecular flexibility index (Phi) is 3.62. The van der Waals surface area contributed by atoms with E-state index in [1.54, 1.807) is 29.6 Å². The molecule has 0 atom stereocenters. The molecule has 0 bridgehead atoms. The summed E-state index contributed by atoms with van der Waals surface area (Å²) in [6.07, 6.45) is 3.22. The molecule has 0 saturated heterocycles. The molecule has 2 aromatic rings. The Morgan fingerprint density at radius 3 is 3.19 bits per heavy atom. The molecular weight excluding hydrogens is 270 g/mol. The summed E-state index contributed by atoms with van der Waals surface area (Å²) in [4.78, 5) is 18.4. The smallest absolute Gasteiger partial charge is 0.274 e. The van der Waals surface area contributed by atoms with Crippen molar-refractivity contribution in [2.24, 2.45) is 0 Å². The number of pyridine rings is 1. The molecule has 7 nitrogen and oxygen atoms in total. The number of hydrogen-bond donors (Lipinski definition) is 1. The van der Waals surface area contributed by atoms with Gasteiger partial charge in [0.05, 0.1) is 12.1 Å². The van der Waals surface area contributed by atoms with E-state index in [0.29, 0.717) is 30.9 Å². The molecule has 1 amide bonds. The maximum Gasteiger partial charge on any atom is 0.274 e. The van der Waals surface area contributed by atoms with Gasteiger partial charge in [0.25, 0.3) is 5.91 Å². The van der Waals surface area contributed by atoms with E-state index >= 15 is 0 Å². The van der Waals surface area contributed by atoms with Crippen molar-refractivity contribution in [3.05, 3.63) is 41.7 Å². The number of carbonyl (C=O) groups excluding carboxylic acids is 1. The highest BCUT2D eigenvalue weighted by atomic mass is 16.2. The molecule has 106 valence electrons. The van der Waals surface area contributed by atoms with Crippen molar-refractivity contribution in [2.75, 3.05) is 13.2 Å². The predicted molar refractivity (Wildman–Crippen MR) is 73.0 cm³/mol. The van der Waals surface area contributed by atoms with E-state index in [4.69, 9.17) is 5.11 Å². The van der Waals surface area contributed by atoms with Gasteiger partial charge in [-0.2, -0.15) is 0 Å². The maximum absolute atomic E-state index is 12.6. The maximum atomic E-state index is 12.6. The van der Waals surface area contributed by atoms with Crippen LogP contribution in [0.15, 0.2) is 24.7 Å². The van der Waals surface area contributed by atoms with Crippen LogP contribution in [0.5, 0.6) is 0 Å². The van der Waals surface area contributed by atoms with Gasteiger partial charge in [-0.1, -0.05) is 11.8 Å². The molecule has 7 heteroatoms. The number of hydrogen-bond acceptors (Lipinski definition) is 5. The number of fused-ring (bicyclic) bond motifs is 1. The summed E-state index contributed by atoms with van der Waals surface area (Å²) < 4.78 is 1.93. The lowest BCUT2D eigenvalue weighted by molar-refractivity contribution is 0.0701. The second-order valence-corrected chi connectivity index (χ2v) is 4.53. The van der Waals surface area contributed by atoms with Gasteiger partial charge in [0.1, 0.15) is 18.6 Å². The van der Waals surface area contributed by atoms with E-state index in [1.807, 2.05) is 4.57 Å². The molecule has 3 heterocycles. The predicted octanol–water partition coefficient (Wildman–Crippen LogP) is -0.327. The second kappa shape index (κ2) is 5.73. The van der Waals surface area contributed by atoms with E-state index in [1.165, 1.54) is 0 Å². The number of rotatable bonds is 1. The van der Waals surface area contributed by atoms with Crippen molar-refractivity contribution < 1.29 is 9.90 Å². The molecule has 0 aliphatic carbocycles. The largest absolute Gasteiger partial charge is 0.384 e. The Labute approximate surface area is 121 Å². The zero-order chi connectivity index (χ0) is 14.7. The van der Waals surface area contributed by atoms with E-state index in [2.05, 4.69) is 27.0 Å². The molecule has 0 radical (unpaired) electrons. The Hall–Kier alpha value is -2.72. The average Bonchev–Trinajstić information content (AvgIpc) is 3.00. The Morgan fingerprint density at radius 1 is 1.43 bits per heavy atom. The molecule has 0 spiro atoms. The summed E-state index contributed by atoms with van der Waals surface area (Å²) >= 11 is 0. The highest BCUT2D eigenvalue weighted by molar-refractivity contribution is 5.94. The zero-order valence-corrected chi connectivity index (χ0v) is 11.2. The molecule has 3 rings (SSSR count). The minimum atomic E-state index is -0.255. The Balaban J connectivity index is 1.86. The molecule has 1 N–H and O–H groups in total. The molecular formula is C14H13N5O2. The van der Waals surface area contributed by atoms with Crippen LogP contribution in [-0.2, 0) is 13.1 Å². The van der Waals surface area contributed by atoms with Gasteiger partial charge < -0.3 is 14.6 Å². The Bertz CT molecular complexity index is 728. The van der Waals surface area contributed by atoms with Gasteiger partial charge in [0, 0.05) is 19.3 Å². The van der Waals surface area contributed by atoms with E-state index in [-0.39, 0.29) is 12.5 Å². The summed E-state index contributed by atoms with van der Waals surface area (Å²) in [5, 5.41) is 16.6. The van der Waals surface area contributed by atoms with E-state index in [9.17, 15) is 4.79 Å². The fourth-order valence-electron chi connectivity index (χ4n) is 2.20. The van der Waals surface area contributed by atoms with Gasteiger partial charge in [-0.3, -0.25) is 4.79 Å². The molecule has 0 fully saturated rings. The minimum absolute atomic E-state index is 0.188. The van der Waals surface area contributed by atoms with Gasteiger partial charge in [0.2, 0.25) is 0 Å². The first-order valence-electron chi connectivity index (χ1n) is 6.50. The van der Waals surface area contributed by atoms with Crippen molar-refractivity contribution in [3.8, 4) is 11.8 Å². The van der Waals surface area contributed by atoms with Crippen molar-refractivity contribution in [1.82, 2.24) is 24.6 Å². The average molecular weight is 283 g/mol. The van der Waals surface area contributed by atoms with Crippen molar-refractivity contribution in [3.63, 3.8) is 0 Å². The van der Waals surface area contributed by atoms with E-state index in [0.717, 1.165) is 5.82 Å². The number of aromatic nitrogens is 4. The summed E-state index contributed by atoms with van der Waals surface area (Å²) in [6.45, 7) is 1.39. The monoisotopic (exact) mass is 283 g/mol. The van der Waals surface area contributed by atoms with Crippen molar-refractivity contribution in [1.29, 1.82) is 0 Å². The lowest BCUT2D eigenvalue weighted by Crippen LogP contribution is -2.39. The van der Waals surface area contributed by atoms with Gasteiger partial charge in [-0.25, -0.2) is 4.98 Å². The van der Waals surface area contributed by atoms with Crippen LogP contribution in [0, 0.1) is 11.8 Å². The van der Waals surface area contributed by atoms with Gasteiger partial charge in [-0.05, 0) is 12.1 Å². The fraction of sp³-hybridized carbons (Fsp3) is 0.286. The van der Waals surface area contributed by atoms with Crippen molar-refractivity contribution in [2.45, 2.75) is 13.1 Å². The fourth-order valence-corrected chi connectivity index (χ4v) is 2.20. The highest BCUT2D eigenvalue weighted by Crippen LogP contribution is 2.14. The van der Waals surface area contributed by atoms with Gasteiger partial charge in [0.15, 0.2) is 5.82 Å². The molecule has 1 aliphatic heterocycles. The lowest BCUT2D eigenvalue weighted by Gasteiger charge is -2.26. The lowest BCUT2D eigenvalue weighted by atomic mass is 10.1. The summed E-state index contributed by atoms with van der Waals surface area (Å²) in [5.74, 6) is 5.87. The molecule has 1 aliphatic rings. The van der Waals surface area contributed by atoms with Crippen LogP contribution in [0.1, 0.15) is 21.9 Å². The third-order valence-corrected chi connectivity index (χ3v) is 3.24. The summed E-state index contributed by atoms with van der Waals surface area (Å²) in [7, 11) is 0. The Morgan fingerprint density at radius 2 is 2.33 bits per heavy atom. The normalized spacial score (nSPS) is 13.3. The summed E-state index contributed by atoms with van der Waals surface area (Å²) in [5.41, 5.74) is 0.815. The van der Waals surface area contributed by atoms with Crippen LogP contribution >= 0.6 is 0 Å². The molecule has 0 unspecified atom stereocenters. The first kappa shape index (κ1) is 13.3. The third-order valence-electron chi connectivity index (χ3n) is 3.24. The molecule has 21 heavy (non-hydrogen) atoms. The second-order valence-electron chi connectivity index (χ2n) is 4.53. The van der Waals surface area contributed by atoms with Crippen LogP contribution in [0.3, 0.4) is 0 Å². The van der Waals surface area contributed by atoms with Crippen LogP contribution in [0.2, 0.25) is 0 Å². The number of nitrogens with zero attached hydrogens (tertiary/aromatic N) is 5. The number of aliphatic hydroxyl groups excluding tert-OH is 1. The van der Waals surface area contributed by atoms with E-state index < -0.39 is 0 Å². The first-order chi connectivity index (χ1) is 10.3. The number of aliphatic hydroxyl groups is 1. The molecule has 0 aromatic carbocycles. The molecule has 2 aromatic heterocycles. The SMILES string of the molecule is O=C(c1ncccc1C#CCO)N1CCn2cnnc2C1. The van der Waals surface area contributed by atoms with Crippen LogP contribution in [0.25, 0.3) is 0 Å². The van der Waals surface area contributed by atoms with Crippen LogP contribution < -0.4 is 0 Å². The van der Waals surface area contributed by atoms with Gasteiger partial charge in [-0.15, -0.1) is 10.2 Å². The van der Waals surface area contributed by atoms with Crippen molar-refractivity contribution >= 4 is 5.91 Å². The first-order valence-corrected chi connectivity index (χ1v) is 6.50. The van der Waals surface area contributed by atoms with Gasteiger partial charge >= 0.3 is 0 Å². The standard InChI is InChI=1S/C14H13N5O2/c20-8-2-4-11-3-1-5-15-13(11)14(21)18-6-7-19-10-16-17-12(19)9-18/h1,3,5,10,20H,6-9H2.